The molecule has 1 saturated heterocycles. The summed E-state index contributed by atoms with van der Waals surface area (Å²) in [5, 5.41) is 60.3. The molecule has 12 nitrogen and oxygen atoms in total. The first-order valence-electron chi connectivity index (χ1n) is 10.4. The van der Waals surface area contributed by atoms with Crippen molar-refractivity contribution in [2.24, 2.45) is 0 Å². The number of hydrogen-bond acceptors (Lipinski definition) is 12. The Hall–Kier alpha value is -3.55. The molecule has 5 atom stereocenters. The SMILES string of the molecule is COc1ccc(-c2oc3c(OC)c(OC4OC(CO)C(O)C(O)C4O)cc(O)c3c(=O)c2O)cc1. The maximum absolute atomic E-state index is 12.9. The van der Waals surface area contributed by atoms with Gasteiger partial charge < -0.3 is 54.0 Å². The summed E-state index contributed by atoms with van der Waals surface area (Å²) >= 11 is 0. The van der Waals surface area contributed by atoms with E-state index >= 15 is 0 Å². The van der Waals surface area contributed by atoms with Gasteiger partial charge >= 0.3 is 0 Å². The van der Waals surface area contributed by atoms with Crippen LogP contribution in [0.25, 0.3) is 22.3 Å². The Labute approximate surface area is 197 Å². The smallest absolute Gasteiger partial charge is 0.238 e. The molecule has 12 heteroatoms. The van der Waals surface area contributed by atoms with Gasteiger partial charge in [-0.1, -0.05) is 0 Å². The van der Waals surface area contributed by atoms with E-state index in [9.17, 15) is 35.4 Å². The van der Waals surface area contributed by atoms with Crippen LogP contribution >= 0.6 is 0 Å². The van der Waals surface area contributed by atoms with Gasteiger partial charge in [0.1, 0.15) is 41.3 Å². The molecule has 0 amide bonds. The zero-order chi connectivity index (χ0) is 25.4. The number of phenolic OH excluding ortho intramolecular Hbond substituents is 1. The molecule has 1 fully saturated rings. The van der Waals surface area contributed by atoms with Gasteiger partial charge in [0.05, 0.1) is 20.8 Å². The van der Waals surface area contributed by atoms with E-state index < -0.39 is 59.6 Å². The van der Waals surface area contributed by atoms with Gasteiger partial charge in [-0.2, -0.15) is 0 Å². The van der Waals surface area contributed by atoms with E-state index in [1.807, 2.05) is 0 Å². The van der Waals surface area contributed by atoms with E-state index in [-0.39, 0.29) is 22.8 Å². The first kappa shape index (κ1) is 24.6. The number of phenols is 1. The highest BCUT2D eigenvalue weighted by Crippen LogP contribution is 2.44. The number of ether oxygens (including phenoxy) is 4. The van der Waals surface area contributed by atoms with Gasteiger partial charge in [0.25, 0.3) is 0 Å². The average molecular weight is 492 g/mol. The zero-order valence-corrected chi connectivity index (χ0v) is 18.6. The molecule has 6 N–H and O–H groups in total. The average Bonchev–Trinajstić information content (AvgIpc) is 2.86. The quantitative estimate of drug-likeness (QED) is 0.272. The summed E-state index contributed by atoms with van der Waals surface area (Å²) in [6.45, 7) is -0.676. The molecule has 2 heterocycles. The van der Waals surface area contributed by atoms with Gasteiger partial charge in [0.15, 0.2) is 17.1 Å². The van der Waals surface area contributed by atoms with Gasteiger partial charge in [0, 0.05) is 11.6 Å². The Bertz CT molecular complexity index is 1270. The summed E-state index contributed by atoms with van der Waals surface area (Å²) in [6, 6.07) is 7.25. The molecule has 1 aliphatic heterocycles. The molecule has 0 aliphatic carbocycles. The van der Waals surface area contributed by atoms with E-state index in [1.54, 1.807) is 24.3 Å². The molecule has 5 unspecified atom stereocenters. The lowest BCUT2D eigenvalue weighted by molar-refractivity contribution is -0.277. The monoisotopic (exact) mass is 492 g/mol. The fraction of sp³-hybridized carbons (Fsp3) is 0.348. The minimum Gasteiger partial charge on any atom is -0.507 e. The zero-order valence-electron chi connectivity index (χ0n) is 18.6. The predicted octanol–water partition coefficient (Wildman–Crippen LogP) is 0.0671. The highest BCUT2D eigenvalue weighted by molar-refractivity contribution is 5.93. The van der Waals surface area contributed by atoms with E-state index in [2.05, 4.69) is 0 Å². The maximum Gasteiger partial charge on any atom is 0.238 e. The van der Waals surface area contributed by atoms with Crippen LogP contribution in [-0.4, -0.2) is 82.2 Å². The standard InChI is InChI=1S/C23H24O12/c1-31-10-5-3-9(4-6-10)20-18(29)16(27)14-11(25)7-12(21(32-2)22(14)35-20)33-23-19(30)17(28)15(26)13(8-24)34-23/h3-7,13,15,17,19,23-26,28-30H,8H2,1-2H3. The number of methoxy groups -OCH3 is 2. The molecule has 4 rings (SSSR count). The highest BCUT2D eigenvalue weighted by Gasteiger charge is 2.45. The molecule has 0 bridgehead atoms. The van der Waals surface area contributed by atoms with Crippen molar-refractivity contribution >= 4 is 11.0 Å². The largest absolute Gasteiger partial charge is 0.507 e. The molecular formula is C23H24O12. The second kappa shape index (κ2) is 9.60. The number of fused-ring (bicyclic) bond motifs is 1. The second-order valence-corrected chi connectivity index (χ2v) is 7.78. The number of aromatic hydroxyl groups is 2. The van der Waals surface area contributed by atoms with Gasteiger partial charge in [-0.3, -0.25) is 4.79 Å². The van der Waals surface area contributed by atoms with Gasteiger partial charge in [-0.25, -0.2) is 0 Å². The summed E-state index contributed by atoms with van der Waals surface area (Å²) in [6.07, 6.45) is -7.88. The molecular weight excluding hydrogens is 468 g/mol. The number of aliphatic hydroxyl groups excluding tert-OH is 4. The van der Waals surface area contributed by atoms with Gasteiger partial charge in [-0.15, -0.1) is 0 Å². The summed E-state index contributed by atoms with van der Waals surface area (Å²) in [5.41, 5.74) is -0.892. The fourth-order valence-electron chi connectivity index (χ4n) is 3.80. The number of rotatable bonds is 6. The minimum absolute atomic E-state index is 0.193. The number of hydrogen-bond donors (Lipinski definition) is 6. The Morgan fingerprint density at radius 1 is 0.971 bits per heavy atom. The van der Waals surface area contributed by atoms with Crippen molar-refractivity contribution in [1.82, 2.24) is 0 Å². The fourth-order valence-corrected chi connectivity index (χ4v) is 3.80. The minimum atomic E-state index is -1.74. The van der Waals surface area contributed by atoms with E-state index in [0.29, 0.717) is 11.3 Å². The van der Waals surface area contributed by atoms with E-state index in [1.165, 1.54) is 14.2 Å². The number of benzene rings is 2. The van der Waals surface area contributed by atoms with Crippen molar-refractivity contribution in [1.29, 1.82) is 0 Å². The third kappa shape index (κ3) is 4.22. The van der Waals surface area contributed by atoms with Crippen LogP contribution in [-0.2, 0) is 4.74 Å². The molecule has 3 aromatic rings. The van der Waals surface area contributed by atoms with Crippen LogP contribution in [0.3, 0.4) is 0 Å². The van der Waals surface area contributed by atoms with Crippen molar-refractivity contribution in [3.63, 3.8) is 0 Å². The van der Waals surface area contributed by atoms with Gasteiger partial charge in [0.2, 0.25) is 23.2 Å². The molecule has 0 spiro atoms. The van der Waals surface area contributed by atoms with Crippen molar-refractivity contribution in [3.8, 4) is 40.1 Å². The summed E-state index contributed by atoms with van der Waals surface area (Å²) in [7, 11) is 2.71. The van der Waals surface area contributed by atoms with Gasteiger partial charge in [-0.05, 0) is 24.3 Å². The van der Waals surface area contributed by atoms with Crippen LogP contribution in [0.15, 0.2) is 39.5 Å². The third-order valence-corrected chi connectivity index (χ3v) is 5.69. The Morgan fingerprint density at radius 2 is 1.66 bits per heavy atom. The summed E-state index contributed by atoms with van der Waals surface area (Å²) < 4.78 is 27.2. The molecule has 0 radical (unpaired) electrons. The molecule has 0 saturated carbocycles. The first-order chi connectivity index (χ1) is 16.7. The first-order valence-corrected chi connectivity index (χ1v) is 10.4. The van der Waals surface area contributed by atoms with Crippen molar-refractivity contribution in [2.45, 2.75) is 30.7 Å². The summed E-state index contributed by atoms with van der Waals surface area (Å²) in [5.74, 6) is -1.51. The van der Waals surface area contributed by atoms with Crippen molar-refractivity contribution < 1.29 is 54.0 Å². The number of aliphatic hydroxyl groups is 4. The topological polar surface area (TPSA) is 189 Å². The molecule has 188 valence electrons. The normalized spacial score (nSPS) is 24.3. The van der Waals surface area contributed by atoms with E-state index in [0.717, 1.165) is 6.07 Å². The van der Waals surface area contributed by atoms with Crippen LogP contribution in [0.1, 0.15) is 0 Å². The van der Waals surface area contributed by atoms with Crippen molar-refractivity contribution in [3.05, 3.63) is 40.6 Å². The molecule has 35 heavy (non-hydrogen) atoms. The van der Waals surface area contributed by atoms with Crippen LogP contribution in [0.2, 0.25) is 0 Å². The second-order valence-electron chi connectivity index (χ2n) is 7.78. The van der Waals surface area contributed by atoms with Crippen molar-refractivity contribution in [2.75, 3.05) is 20.8 Å². The highest BCUT2D eigenvalue weighted by atomic mass is 16.7. The third-order valence-electron chi connectivity index (χ3n) is 5.69. The lowest BCUT2D eigenvalue weighted by Gasteiger charge is -2.39. The van der Waals surface area contributed by atoms with E-state index in [4.69, 9.17) is 23.4 Å². The molecule has 1 aliphatic rings. The predicted molar refractivity (Wildman–Crippen MR) is 119 cm³/mol. The lowest BCUT2D eigenvalue weighted by atomic mass is 9.99. The van der Waals surface area contributed by atoms with Crippen LogP contribution in [0.4, 0.5) is 0 Å². The molecule has 2 aromatic carbocycles. The Kier molecular flexibility index (Phi) is 6.74. The lowest BCUT2D eigenvalue weighted by Crippen LogP contribution is -2.60. The maximum atomic E-state index is 12.9. The Balaban J connectivity index is 1.84. The van der Waals surface area contributed by atoms with Crippen LogP contribution < -0.4 is 19.6 Å². The van der Waals surface area contributed by atoms with Crippen LogP contribution in [0, 0.1) is 0 Å². The molecule has 1 aromatic heterocycles. The summed E-state index contributed by atoms with van der Waals surface area (Å²) in [4.78, 5) is 12.9. The van der Waals surface area contributed by atoms with Crippen LogP contribution in [0.5, 0.6) is 28.7 Å². The Morgan fingerprint density at radius 3 is 2.26 bits per heavy atom.